The van der Waals surface area contributed by atoms with E-state index >= 15 is 0 Å². The van der Waals surface area contributed by atoms with Crippen LogP contribution in [0.2, 0.25) is 0 Å². The van der Waals surface area contributed by atoms with Gasteiger partial charge in [0.15, 0.2) is 6.61 Å². The molecule has 4 aliphatic rings. The van der Waals surface area contributed by atoms with Gasteiger partial charge in [-0.1, -0.05) is 0 Å². The number of aromatic nitrogens is 4. The largest absolute Gasteiger partial charge is 0.450 e. The molecule has 2 aromatic rings. The van der Waals surface area contributed by atoms with Crippen LogP contribution in [0.4, 0.5) is 0 Å². The van der Waals surface area contributed by atoms with E-state index in [2.05, 4.69) is 27.3 Å². The summed E-state index contributed by atoms with van der Waals surface area (Å²) in [6.45, 7) is 3.64. The first-order chi connectivity index (χ1) is 13.9. The number of nitrogens with one attached hydrogen (secondary N) is 1. The van der Waals surface area contributed by atoms with Crippen molar-refractivity contribution >= 4 is 17.7 Å². The average molecular weight is 397 g/mol. The van der Waals surface area contributed by atoms with Crippen LogP contribution >= 0.6 is 0 Å². The van der Waals surface area contributed by atoms with E-state index in [1.54, 1.807) is 12.3 Å². The molecule has 2 heterocycles. The molecule has 0 spiro atoms. The lowest BCUT2D eigenvalue weighted by Gasteiger charge is -2.59. The summed E-state index contributed by atoms with van der Waals surface area (Å²) in [6, 6.07) is 1.87. The van der Waals surface area contributed by atoms with E-state index in [1.807, 2.05) is 6.92 Å². The molecular formula is C21H27N5O3. The van der Waals surface area contributed by atoms with Crippen molar-refractivity contribution in [1.82, 2.24) is 24.9 Å². The summed E-state index contributed by atoms with van der Waals surface area (Å²) in [5, 5.41) is 7.22. The molecule has 4 aliphatic carbocycles. The Bertz CT molecular complexity index is 933. The monoisotopic (exact) mass is 397 g/mol. The molecule has 0 radical (unpaired) electrons. The van der Waals surface area contributed by atoms with Crippen molar-refractivity contribution < 1.29 is 14.3 Å². The summed E-state index contributed by atoms with van der Waals surface area (Å²) in [4.78, 5) is 32.9. The molecule has 2 aromatic heterocycles. The Kier molecular flexibility index (Phi) is 4.33. The first-order valence-electron chi connectivity index (χ1n) is 10.6. The maximum atomic E-state index is 12.5. The minimum atomic E-state index is -0.715. The minimum Gasteiger partial charge on any atom is -0.450 e. The number of carbonyl (C=O) groups excluding carboxylic acids is 2. The highest BCUT2D eigenvalue weighted by Gasteiger charge is 2.53. The van der Waals surface area contributed by atoms with E-state index in [-0.39, 0.29) is 29.8 Å². The number of carbonyl (C=O) groups is 2. The van der Waals surface area contributed by atoms with Crippen molar-refractivity contribution in [3.63, 3.8) is 0 Å². The third kappa shape index (κ3) is 3.28. The summed E-state index contributed by atoms with van der Waals surface area (Å²) in [6.07, 6.45) is 9.38. The molecule has 154 valence electrons. The lowest BCUT2D eigenvalue weighted by atomic mass is 9.48. The molecule has 8 heteroatoms. The zero-order chi connectivity index (χ0) is 20.2. The maximum Gasteiger partial charge on any atom is 0.378 e. The molecule has 1 amide bonds. The topological polar surface area (TPSA) is 98.5 Å². The van der Waals surface area contributed by atoms with Crippen molar-refractivity contribution in [2.24, 2.45) is 23.2 Å². The van der Waals surface area contributed by atoms with E-state index in [0.717, 1.165) is 23.4 Å². The molecule has 1 atom stereocenters. The Hall–Kier alpha value is -2.51. The molecule has 8 nitrogen and oxygen atoms in total. The van der Waals surface area contributed by atoms with Gasteiger partial charge in [-0.2, -0.15) is 4.98 Å². The van der Waals surface area contributed by atoms with Crippen LogP contribution in [-0.2, 0) is 9.53 Å². The van der Waals surface area contributed by atoms with Crippen LogP contribution in [0.3, 0.4) is 0 Å². The molecule has 6 rings (SSSR count). The van der Waals surface area contributed by atoms with Gasteiger partial charge < -0.3 is 10.1 Å². The van der Waals surface area contributed by atoms with Gasteiger partial charge >= 0.3 is 5.97 Å². The van der Waals surface area contributed by atoms with Crippen LogP contribution in [0.25, 0.3) is 5.78 Å². The summed E-state index contributed by atoms with van der Waals surface area (Å²) < 4.78 is 6.64. The Morgan fingerprint density at radius 1 is 1.24 bits per heavy atom. The number of rotatable bonds is 5. The fourth-order valence-corrected chi connectivity index (χ4v) is 6.33. The van der Waals surface area contributed by atoms with E-state index in [0.29, 0.717) is 5.78 Å². The fourth-order valence-electron chi connectivity index (χ4n) is 6.33. The zero-order valence-corrected chi connectivity index (χ0v) is 16.9. The summed E-state index contributed by atoms with van der Waals surface area (Å²) in [5.41, 5.74) is 1.03. The average Bonchev–Trinajstić information content (AvgIpc) is 3.11. The Morgan fingerprint density at radius 2 is 1.90 bits per heavy atom. The van der Waals surface area contributed by atoms with E-state index in [4.69, 9.17) is 4.74 Å². The second-order valence-electron chi connectivity index (χ2n) is 9.38. The lowest BCUT2D eigenvalue weighted by molar-refractivity contribution is -0.128. The molecule has 4 saturated carbocycles. The van der Waals surface area contributed by atoms with Crippen LogP contribution < -0.4 is 5.32 Å². The molecule has 4 bridgehead atoms. The second-order valence-corrected chi connectivity index (χ2v) is 9.38. The fraction of sp³-hybridized carbons (Fsp3) is 0.667. The quantitative estimate of drug-likeness (QED) is 0.778. The van der Waals surface area contributed by atoms with Gasteiger partial charge in [-0.15, -0.1) is 5.10 Å². The third-order valence-corrected chi connectivity index (χ3v) is 7.33. The van der Waals surface area contributed by atoms with E-state index < -0.39 is 5.97 Å². The number of hydrogen-bond donors (Lipinski definition) is 1. The van der Waals surface area contributed by atoms with Gasteiger partial charge in [0.2, 0.25) is 0 Å². The van der Waals surface area contributed by atoms with Crippen LogP contribution in [0.5, 0.6) is 0 Å². The predicted octanol–water partition coefficient (Wildman–Crippen LogP) is 2.31. The predicted molar refractivity (Wildman–Crippen MR) is 104 cm³/mol. The highest BCUT2D eigenvalue weighted by Crippen LogP contribution is 2.61. The number of amides is 1. The molecule has 0 aromatic carbocycles. The van der Waals surface area contributed by atoms with Crippen molar-refractivity contribution in [3.8, 4) is 0 Å². The Morgan fingerprint density at radius 3 is 2.52 bits per heavy atom. The van der Waals surface area contributed by atoms with Gasteiger partial charge in [0.05, 0.1) is 0 Å². The van der Waals surface area contributed by atoms with Gasteiger partial charge in [-0.25, -0.2) is 14.3 Å². The lowest BCUT2D eigenvalue weighted by Crippen LogP contribution is -2.56. The molecule has 0 saturated heterocycles. The number of nitrogens with zero attached hydrogens (tertiary/aromatic N) is 4. The van der Waals surface area contributed by atoms with Gasteiger partial charge in [0, 0.05) is 17.9 Å². The van der Waals surface area contributed by atoms with Gasteiger partial charge in [0.25, 0.3) is 17.5 Å². The van der Waals surface area contributed by atoms with E-state index in [9.17, 15) is 9.59 Å². The van der Waals surface area contributed by atoms with Gasteiger partial charge in [-0.3, -0.25) is 4.79 Å². The van der Waals surface area contributed by atoms with Crippen molar-refractivity contribution in [3.05, 3.63) is 23.8 Å². The molecule has 4 fully saturated rings. The Balaban J connectivity index is 1.19. The first-order valence-corrected chi connectivity index (χ1v) is 10.6. The molecule has 29 heavy (non-hydrogen) atoms. The number of esters is 1. The second kappa shape index (κ2) is 6.78. The van der Waals surface area contributed by atoms with E-state index in [1.165, 1.54) is 43.0 Å². The highest BCUT2D eigenvalue weighted by atomic mass is 16.5. The smallest absolute Gasteiger partial charge is 0.378 e. The molecular weight excluding hydrogens is 370 g/mol. The maximum absolute atomic E-state index is 12.5. The summed E-state index contributed by atoms with van der Waals surface area (Å²) >= 11 is 0. The van der Waals surface area contributed by atoms with Crippen LogP contribution in [0.15, 0.2) is 12.3 Å². The number of fused-ring (bicyclic) bond motifs is 1. The third-order valence-electron chi connectivity index (χ3n) is 7.33. The minimum absolute atomic E-state index is 0.0891. The normalized spacial score (nSPS) is 31.0. The van der Waals surface area contributed by atoms with Gasteiger partial charge in [-0.05, 0) is 81.6 Å². The molecule has 0 aliphatic heterocycles. The Labute approximate surface area is 169 Å². The standard InChI is InChI=1S/C21H27N5O3/c1-12-3-4-22-20-24-18(25-26(12)20)19(28)29-11-17(27)23-13(2)21-8-14-5-15(9-21)7-16(6-14)10-21/h3-4,13-16H,5-11H2,1-2H3,(H,23,27). The van der Waals surface area contributed by atoms with Crippen LogP contribution in [0.1, 0.15) is 61.8 Å². The number of ether oxygens (including phenoxy) is 1. The number of aryl methyl sites for hydroxylation is 1. The highest BCUT2D eigenvalue weighted by molar-refractivity contribution is 5.88. The SMILES string of the molecule is Cc1ccnc2nc(C(=O)OCC(=O)NC(C)C34CC5CC(CC(C5)C3)C4)nn12. The van der Waals surface area contributed by atoms with Crippen LogP contribution in [-0.4, -0.2) is 44.1 Å². The molecule has 1 N–H and O–H groups in total. The number of hydrogen-bond acceptors (Lipinski definition) is 6. The first kappa shape index (κ1) is 18.5. The summed E-state index contributed by atoms with van der Waals surface area (Å²) in [5.74, 6) is 1.75. The van der Waals surface area contributed by atoms with Crippen LogP contribution in [0, 0.1) is 30.1 Å². The van der Waals surface area contributed by atoms with Crippen molar-refractivity contribution in [2.45, 2.75) is 58.4 Å². The van der Waals surface area contributed by atoms with Gasteiger partial charge in [0.1, 0.15) is 0 Å². The van der Waals surface area contributed by atoms with Crippen molar-refractivity contribution in [1.29, 1.82) is 0 Å². The summed E-state index contributed by atoms with van der Waals surface area (Å²) in [7, 11) is 0. The van der Waals surface area contributed by atoms with Crippen molar-refractivity contribution in [2.75, 3.05) is 6.61 Å². The zero-order valence-electron chi connectivity index (χ0n) is 16.9. The molecule has 1 unspecified atom stereocenters.